The lowest BCUT2D eigenvalue weighted by molar-refractivity contribution is -0.136. The van der Waals surface area contributed by atoms with E-state index in [4.69, 9.17) is 9.84 Å². The number of aliphatic carboxylic acids is 1. The van der Waals surface area contributed by atoms with E-state index in [0.29, 0.717) is 13.2 Å². The van der Waals surface area contributed by atoms with Gasteiger partial charge in [-0.1, -0.05) is 0 Å². The quantitative estimate of drug-likeness (QED) is 0.734. The van der Waals surface area contributed by atoms with Gasteiger partial charge in [-0.15, -0.1) is 0 Å². The minimum absolute atomic E-state index is 0.112. The summed E-state index contributed by atoms with van der Waals surface area (Å²) in [6, 6.07) is 7.51. The molecule has 0 atom stereocenters. The molecule has 100 valence electrons. The largest absolute Gasteiger partial charge is 0.492 e. The van der Waals surface area contributed by atoms with Gasteiger partial charge in [0.05, 0.1) is 6.42 Å². The number of carboxylic acid groups (broad SMARTS) is 1. The van der Waals surface area contributed by atoms with Crippen LogP contribution in [0.3, 0.4) is 0 Å². The first kappa shape index (κ1) is 14.3. The fourth-order valence-electron chi connectivity index (χ4n) is 1.33. The smallest absolute Gasteiger partial charge is 0.305 e. The SMILES string of the molecule is CN(C)CCOc1ccc(NCCC(=O)O)cc1. The van der Waals surface area contributed by atoms with E-state index in [1.54, 1.807) is 0 Å². The van der Waals surface area contributed by atoms with Crippen molar-refractivity contribution in [3.63, 3.8) is 0 Å². The number of hydrogen-bond acceptors (Lipinski definition) is 4. The zero-order chi connectivity index (χ0) is 13.4. The van der Waals surface area contributed by atoms with Crippen LogP contribution in [-0.2, 0) is 4.79 Å². The van der Waals surface area contributed by atoms with Crippen molar-refractivity contribution in [2.24, 2.45) is 0 Å². The maximum atomic E-state index is 10.4. The first-order valence-corrected chi connectivity index (χ1v) is 5.91. The molecule has 1 rings (SSSR count). The number of anilines is 1. The molecule has 2 N–H and O–H groups in total. The number of nitrogens with one attached hydrogen (secondary N) is 1. The minimum Gasteiger partial charge on any atom is -0.492 e. The Balaban J connectivity index is 2.31. The lowest BCUT2D eigenvalue weighted by Gasteiger charge is -2.11. The van der Waals surface area contributed by atoms with E-state index in [-0.39, 0.29) is 6.42 Å². The van der Waals surface area contributed by atoms with E-state index in [2.05, 4.69) is 10.2 Å². The average molecular weight is 252 g/mol. The van der Waals surface area contributed by atoms with Crippen molar-refractivity contribution in [1.82, 2.24) is 4.90 Å². The van der Waals surface area contributed by atoms with Gasteiger partial charge in [-0.25, -0.2) is 0 Å². The Labute approximate surface area is 107 Å². The monoisotopic (exact) mass is 252 g/mol. The van der Waals surface area contributed by atoms with Crippen molar-refractivity contribution >= 4 is 11.7 Å². The van der Waals surface area contributed by atoms with Crippen molar-refractivity contribution in [3.05, 3.63) is 24.3 Å². The molecule has 0 saturated heterocycles. The normalized spacial score (nSPS) is 10.4. The molecule has 1 aromatic rings. The second kappa shape index (κ2) is 7.55. The van der Waals surface area contributed by atoms with Gasteiger partial charge in [0.2, 0.25) is 0 Å². The molecule has 0 saturated carbocycles. The number of likely N-dealkylation sites (N-methyl/N-ethyl adjacent to an activating group) is 1. The molecule has 0 radical (unpaired) electrons. The highest BCUT2D eigenvalue weighted by Crippen LogP contribution is 2.15. The zero-order valence-corrected chi connectivity index (χ0v) is 10.8. The highest BCUT2D eigenvalue weighted by Gasteiger charge is 1.98. The molecule has 0 spiro atoms. The highest BCUT2D eigenvalue weighted by atomic mass is 16.5. The first-order chi connectivity index (χ1) is 8.58. The molecule has 0 heterocycles. The highest BCUT2D eigenvalue weighted by molar-refractivity contribution is 5.67. The van der Waals surface area contributed by atoms with E-state index >= 15 is 0 Å². The second-order valence-corrected chi connectivity index (χ2v) is 4.25. The maximum Gasteiger partial charge on any atom is 0.305 e. The average Bonchev–Trinajstić information content (AvgIpc) is 2.30. The summed E-state index contributed by atoms with van der Waals surface area (Å²) >= 11 is 0. The number of carbonyl (C=O) groups is 1. The fraction of sp³-hybridized carbons (Fsp3) is 0.462. The summed E-state index contributed by atoms with van der Waals surface area (Å²) < 4.78 is 5.55. The molecule has 0 unspecified atom stereocenters. The Morgan fingerprint density at radius 2 is 2.00 bits per heavy atom. The maximum absolute atomic E-state index is 10.4. The van der Waals surface area contributed by atoms with Gasteiger partial charge in [-0.2, -0.15) is 0 Å². The van der Waals surface area contributed by atoms with Crippen LogP contribution in [0, 0.1) is 0 Å². The van der Waals surface area contributed by atoms with Gasteiger partial charge in [-0.05, 0) is 38.4 Å². The summed E-state index contributed by atoms with van der Waals surface area (Å²) in [5.41, 5.74) is 0.899. The standard InChI is InChI=1S/C13H20N2O3/c1-15(2)9-10-18-12-5-3-11(4-6-12)14-8-7-13(16)17/h3-6,14H,7-10H2,1-2H3,(H,16,17). The summed E-state index contributed by atoms with van der Waals surface area (Å²) in [5.74, 6) is 0.0202. The molecular formula is C13H20N2O3. The summed E-state index contributed by atoms with van der Waals surface area (Å²) in [5, 5.41) is 11.5. The van der Waals surface area contributed by atoms with Crippen molar-refractivity contribution < 1.29 is 14.6 Å². The summed E-state index contributed by atoms with van der Waals surface area (Å²) in [6.07, 6.45) is 0.112. The third-order valence-corrected chi connectivity index (χ3v) is 2.33. The van der Waals surface area contributed by atoms with Crippen molar-refractivity contribution in [2.45, 2.75) is 6.42 Å². The number of nitrogens with zero attached hydrogens (tertiary/aromatic N) is 1. The topological polar surface area (TPSA) is 61.8 Å². The molecular weight excluding hydrogens is 232 g/mol. The van der Waals surface area contributed by atoms with Crippen LogP contribution in [0.15, 0.2) is 24.3 Å². The van der Waals surface area contributed by atoms with Crippen LogP contribution in [-0.4, -0.2) is 49.8 Å². The number of hydrogen-bond donors (Lipinski definition) is 2. The summed E-state index contributed by atoms with van der Waals surface area (Å²) in [4.78, 5) is 12.4. The van der Waals surface area contributed by atoms with Crippen molar-refractivity contribution in [3.8, 4) is 5.75 Å². The molecule has 0 amide bonds. The van der Waals surface area contributed by atoms with Crippen molar-refractivity contribution in [2.75, 3.05) is 39.1 Å². The van der Waals surface area contributed by atoms with Crippen LogP contribution in [0.2, 0.25) is 0 Å². The minimum atomic E-state index is -0.800. The van der Waals surface area contributed by atoms with E-state index in [1.807, 2.05) is 38.4 Å². The van der Waals surface area contributed by atoms with Crippen LogP contribution >= 0.6 is 0 Å². The number of ether oxygens (including phenoxy) is 1. The fourth-order valence-corrected chi connectivity index (χ4v) is 1.33. The molecule has 0 fully saturated rings. The molecule has 1 aromatic carbocycles. The molecule has 0 aliphatic rings. The van der Waals surface area contributed by atoms with Gasteiger partial charge < -0.3 is 20.1 Å². The summed E-state index contributed by atoms with van der Waals surface area (Å²) in [7, 11) is 4.00. The zero-order valence-electron chi connectivity index (χ0n) is 10.8. The Kier molecular flexibility index (Phi) is 6.00. The Bertz CT molecular complexity index is 363. The number of carboxylic acids is 1. The summed E-state index contributed by atoms with van der Waals surface area (Å²) in [6.45, 7) is 1.95. The third-order valence-electron chi connectivity index (χ3n) is 2.33. The van der Waals surface area contributed by atoms with E-state index in [0.717, 1.165) is 18.0 Å². The van der Waals surface area contributed by atoms with Crippen LogP contribution in [0.4, 0.5) is 5.69 Å². The Morgan fingerprint density at radius 3 is 2.56 bits per heavy atom. The molecule has 0 aromatic heterocycles. The van der Waals surface area contributed by atoms with Gasteiger partial charge in [0.15, 0.2) is 0 Å². The number of rotatable bonds is 8. The molecule has 0 aliphatic heterocycles. The predicted octanol–water partition coefficient (Wildman–Crippen LogP) is 1.51. The van der Waals surface area contributed by atoms with Crippen molar-refractivity contribution in [1.29, 1.82) is 0 Å². The molecule has 5 nitrogen and oxygen atoms in total. The van der Waals surface area contributed by atoms with Crippen LogP contribution < -0.4 is 10.1 Å². The molecule has 0 aliphatic carbocycles. The lowest BCUT2D eigenvalue weighted by atomic mass is 10.3. The van der Waals surface area contributed by atoms with Crippen LogP contribution in [0.1, 0.15) is 6.42 Å². The third kappa shape index (κ3) is 6.10. The Hall–Kier alpha value is -1.75. The van der Waals surface area contributed by atoms with Crippen LogP contribution in [0.25, 0.3) is 0 Å². The van der Waals surface area contributed by atoms with Gasteiger partial charge in [0.1, 0.15) is 12.4 Å². The molecule has 5 heteroatoms. The first-order valence-electron chi connectivity index (χ1n) is 5.91. The molecule has 18 heavy (non-hydrogen) atoms. The van der Waals surface area contributed by atoms with Crippen LogP contribution in [0.5, 0.6) is 5.75 Å². The lowest BCUT2D eigenvalue weighted by Crippen LogP contribution is -2.19. The second-order valence-electron chi connectivity index (χ2n) is 4.25. The van der Waals surface area contributed by atoms with Gasteiger partial charge in [0.25, 0.3) is 0 Å². The van der Waals surface area contributed by atoms with Gasteiger partial charge >= 0.3 is 5.97 Å². The predicted molar refractivity (Wildman–Crippen MR) is 71.2 cm³/mol. The van der Waals surface area contributed by atoms with E-state index in [9.17, 15) is 4.79 Å². The molecule has 0 bridgehead atoms. The van der Waals surface area contributed by atoms with E-state index < -0.39 is 5.97 Å². The van der Waals surface area contributed by atoms with E-state index in [1.165, 1.54) is 0 Å². The number of benzene rings is 1. The van der Waals surface area contributed by atoms with Gasteiger partial charge in [0, 0.05) is 18.8 Å². The van der Waals surface area contributed by atoms with Gasteiger partial charge in [-0.3, -0.25) is 4.79 Å². The Morgan fingerprint density at radius 1 is 1.33 bits per heavy atom.